The molecule has 3 nitrogen and oxygen atoms in total. The number of benzene rings is 2. The molecule has 108 valence electrons. The monoisotopic (exact) mass is 322 g/mol. The van der Waals surface area contributed by atoms with Gasteiger partial charge in [0.25, 0.3) is 0 Å². The van der Waals surface area contributed by atoms with Crippen molar-refractivity contribution in [3.8, 4) is 0 Å². The summed E-state index contributed by atoms with van der Waals surface area (Å²) in [5.41, 5.74) is 2.37. The van der Waals surface area contributed by atoms with Gasteiger partial charge < -0.3 is 4.74 Å². The van der Waals surface area contributed by atoms with E-state index in [-0.39, 0.29) is 0 Å². The molecule has 0 aliphatic carbocycles. The molecule has 0 heterocycles. The number of halogens is 2. The highest BCUT2D eigenvalue weighted by Crippen LogP contribution is 2.11. The molecule has 0 bridgehead atoms. The second-order valence-corrected chi connectivity index (χ2v) is 4.87. The lowest BCUT2D eigenvalue weighted by atomic mass is 10.1. The Labute approximate surface area is 132 Å². The first-order valence-electron chi connectivity index (χ1n) is 6.20. The van der Waals surface area contributed by atoms with Crippen molar-refractivity contribution in [3.63, 3.8) is 0 Å². The van der Waals surface area contributed by atoms with Gasteiger partial charge in [0.2, 0.25) is 0 Å². The minimum absolute atomic E-state index is 0.301. The lowest BCUT2D eigenvalue weighted by molar-refractivity contribution is 0.0398. The Bertz CT molecular complexity index is 576. The van der Waals surface area contributed by atoms with E-state index in [0.717, 1.165) is 11.1 Å². The normalized spacial score (nSPS) is 10.2. The quantitative estimate of drug-likeness (QED) is 0.482. The Morgan fingerprint density at radius 1 is 0.714 bits per heavy atom. The van der Waals surface area contributed by atoms with Crippen LogP contribution in [0.3, 0.4) is 0 Å². The highest BCUT2D eigenvalue weighted by atomic mass is 35.5. The first kappa shape index (κ1) is 15.5. The number of ether oxygens (including phenoxy) is 1. The maximum Gasteiger partial charge on any atom is 0.346 e. The molecule has 0 saturated heterocycles. The van der Waals surface area contributed by atoms with Gasteiger partial charge in [0.15, 0.2) is 0 Å². The molecule has 2 rings (SSSR count). The van der Waals surface area contributed by atoms with Crippen LogP contribution in [-0.2, 0) is 16.5 Å². The number of carbonyl (C=O) groups excluding carboxylic acids is 2. The number of rotatable bonds is 4. The predicted octanol–water partition coefficient (Wildman–Crippen LogP) is 4.16. The number of alkyl halides is 2. The van der Waals surface area contributed by atoms with Gasteiger partial charge >= 0.3 is 11.9 Å². The van der Waals surface area contributed by atoms with Crippen molar-refractivity contribution >= 4 is 35.1 Å². The topological polar surface area (TPSA) is 43.4 Å². The summed E-state index contributed by atoms with van der Waals surface area (Å²) in [6.45, 7) is 0. The summed E-state index contributed by atoms with van der Waals surface area (Å²) in [5, 5.41) is 0. The highest BCUT2D eigenvalue weighted by Gasteiger charge is 2.14. The van der Waals surface area contributed by atoms with Crippen LogP contribution in [0.25, 0.3) is 0 Å². The van der Waals surface area contributed by atoms with Crippen molar-refractivity contribution in [1.82, 2.24) is 0 Å². The number of carbonyl (C=O) groups is 2. The molecule has 0 aromatic heterocycles. The molecule has 0 saturated carbocycles. The molecular weight excluding hydrogens is 311 g/mol. The van der Waals surface area contributed by atoms with Crippen LogP contribution >= 0.6 is 23.2 Å². The molecule has 0 radical (unpaired) electrons. The van der Waals surface area contributed by atoms with Gasteiger partial charge in [0, 0.05) is 11.8 Å². The van der Waals surface area contributed by atoms with Crippen LogP contribution in [0, 0.1) is 0 Å². The standard InChI is InChI=1S/C16H12Cl2O3/c17-9-11-1-5-13(6-2-11)15(19)21-16(20)14-7-3-12(10-18)4-8-14/h1-8H,9-10H2. The number of hydrogen-bond donors (Lipinski definition) is 0. The van der Waals surface area contributed by atoms with Crippen molar-refractivity contribution in [3.05, 3.63) is 70.8 Å². The number of esters is 2. The maximum atomic E-state index is 11.9. The first-order chi connectivity index (χ1) is 10.1. The Balaban J connectivity index is 2.05. The molecule has 0 aliphatic heterocycles. The second kappa shape index (κ2) is 7.25. The molecule has 0 spiro atoms. The van der Waals surface area contributed by atoms with Crippen LogP contribution < -0.4 is 0 Å². The SMILES string of the molecule is O=C(OC(=O)c1ccc(CCl)cc1)c1ccc(CCl)cc1. The third kappa shape index (κ3) is 4.06. The summed E-state index contributed by atoms with van der Waals surface area (Å²) < 4.78 is 4.83. The van der Waals surface area contributed by atoms with Gasteiger partial charge in [-0.15, -0.1) is 23.2 Å². The number of hydrogen-bond acceptors (Lipinski definition) is 3. The molecule has 2 aromatic carbocycles. The molecule has 0 atom stereocenters. The summed E-state index contributed by atoms with van der Waals surface area (Å²) >= 11 is 11.3. The Morgan fingerprint density at radius 3 is 1.33 bits per heavy atom. The molecule has 21 heavy (non-hydrogen) atoms. The van der Waals surface area contributed by atoms with Crippen LogP contribution in [0.15, 0.2) is 48.5 Å². The largest absolute Gasteiger partial charge is 0.386 e. The molecule has 0 amide bonds. The predicted molar refractivity (Wildman–Crippen MR) is 81.7 cm³/mol. The highest BCUT2D eigenvalue weighted by molar-refractivity contribution is 6.17. The third-order valence-electron chi connectivity index (χ3n) is 2.87. The maximum absolute atomic E-state index is 11.9. The summed E-state index contributed by atoms with van der Waals surface area (Å²) in [6, 6.07) is 13.1. The van der Waals surface area contributed by atoms with Crippen LogP contribution in [0.5, 0.6) is 0 Å². The Morgan fingerprint density at radius 2 is 1.05 bits per heavy atom. The van der Waals surface area contributed by atoms with E-state index in [1.54, 1.807) is 48.5 Å². The Kier molecular flexibility index (Phi) is 5.37. The minimum Gasteiger partial charge on any atom is -0.386 e. The van der Waals surface area contributed by atoms with Gasteiger partial charge in [-0.05, 0) is 35.4 Å². The molecule has 0 unspecified atom stereocenters. The molecule has 0 fully saturated rings. The molecule has 2 aromatic rings. The van der Waals surface area contributed by atoms with Gasteiger partial charge in [-0.3, -0.25) is 0 Å². The van der Waals surface area contributed by atoms with E-state index in [0.29, 0.717) is 22.9 Å². The summed E-state index contributed by atoms with van der Waals surface area (Å²) in [6.07, 6.45) is 0. The second-order valence-electron chi connectivity index (χ2n) is 4.34. The van der Waals surface area contributed by atoms with Crippen LogP contribution in [0.1, 0.15) is 31.8 Å². The summed E-state index contributed by atoms with van der Waals surface area (Å²) in [7, 11) is 0. The molecule has 0 aliphatic rings. The zero-order valence-electron chi connectivity index (χ0n) is 11.0. The lowest BCUT2D eigenvalue weighted by Crippen LogP contribution is -2.12. The Hall–Kier alpha value is -1.84. The van der Waals surface area contributed by atoms with E-state index in [1.165, 1.54) is 0 Å². The fourth-order valence-electron chi connectivity index (χ4n) is 1.66. The van der Waals surface area contributed by atoms with Crippen molar-refractivity contribution < 1.29 is 14.3 Å². The smallest absolute Gasteiger partial charge is 0.346 e. The van der Waals surface area contributed by atoms with Crippen LogP contribution in [-0.4, -0.2) is 11.9 Å². The molecule has 0 N–H and O–H groups in total. The van der Waals surface area contributed by atoms with Crippen molar-refractivity contribution in [1.29, 1.82) is 0 Å². The van der Waals surface area contributed by atoms with E-state index < -0.39 is 11.9 Å². The van der Waals surface area contributed by atoms with Gasteiger partial charge in [0.05, 0.1) is 11.1 Å². The molecular formula is C16H12Cl2O3. The van der Waals surface area contributed by atoms with Crippen LogP contribution in [0.2, 0.25) is 0 Å². The zero-order valence-corrected chi connectivity index (χ0v) is 12.5. The van der Waals surface area contributed by atoms with E-state index >= 15 is 0 Å². The third-order valence-corrected chi connectivity index (χ3v) is 3.49. The fraction of sp³-hybridized carbons (Fsp3) is 0.125. The fourth-order valence-corrected chi connectivity index (χ4v) is 2.02. The van der Waals surface area contributed by atoms with Crippen molar-refractivity contribution in [2.24, 2.45) is 0 Å². The van der Waals surface area contributed by atoms with Crippen molar-refractivity contribution in [2.75, 3.05) is 0 Å². The van der Waals surface area contributed by atoms with E-state index in [1.807, 2.05) is 0 Å². The molecule has 5 heteroatoms. The summed E-state index contributed by atoms with van der Waals surface area (Å²) in [5.74, 6) is -0.660. The summed E-state index contributed by atoms with van der Waals surface area (Å²) in [4.78, 5) is 23.7. The first-order valence-corrected chi connectivity index (χ1v) is 7.27. The average Bonchev–Trinajstić information content (AvgIpc) is 2.55. The van der Waals surface area contributed by atoms with Crippen molar-refractivity contribution in [2.45, 2.75) is 11.8 Å². The van der Waals surface area contributed by atoms with Gasteiger partial charge in [-0.2, -0.15) is 0 Å². The van der Waals surface area contributed by atoms with Crippen LogP contribution in [0.4, 0.5) is 0 Å². The van der Waals surface area contributed by atoms with E-state index in [4.69, 9.17) is 27.9 Å². The average molecular weight is 323 g/mol. The van der Waals surface area contributed by atoms with Gasteiger partial charge in [0.1, 0.15) is 0 Å². The van der Waals surface area contributed by atoms with Gasteiger partial charge in [-0.1, -0.05) is 24.3 Å². The zero-order chi connectivity index (χ0) is 15.2. The minimum atomic E-state index is -0.692. The van der Waals surface area contributed by atoms with E-state index in [9.17, 15) is 9.59 Å². The van der Waals surface area contributed by atoms with Gasteiger partial charge in [-0.25, -0.2) is 9.59 Å². The lowest BCUT2D eigenvalue weighted by Gasteiger charge is -2.04. The van der Waals surface area contributed by atoms with E-state index in [2.05, 4.69) is 0 Å².